The molecule has 0 saturated carbocycles. The fraction of sp³-hybridized carbons (Fsp3) is 0.700. The fourth-order valence-electron chi connectivity index (χ4n) is 1.25. The number of aryl methyl sites for hydroxylation is 1. The van der Waals surface area contributed by atoms with Gasteiger partial charge in [0.2, 0.25) is 5.16 Å². The number of hydrogen-bond donors (Lipinski definition) is 2. The summed E-state index contributed by atoms with van der Waals surface area (Å²) in [7, 11) is 0. The van der Waals surface area contributed by atoms with E-state index in [1.165, 1.54) is 0 Å². The Hall–Kier alpha value is -1.06. The van der Waals surface area contributed by atoms with Crippen LogP contribution in [0.3, 0.4) is 0 Å². The van der Waals surface area contributed by atoms with Crippen LogP contribution in [-0.4, -0.2) is 26.5 Å². The quantitative estimate of drug-likeness (QED) is 0.581. The molecule has 6 heteroatoms. The number of rotatable bonds is 6. The van der Waals surface area contributed by atoms with Gasteiger partial charge in [0.05, 0.1) is 6.07 Å². The normalized spacial score (nSPS) is 14.4. The summed E-state index contributed by atoms with van der Waals surface area (Å²) in [5.41, 5.74) is 5.20. The lowest BCUT2D eigenvalue weighted by Crippen LogP contribution is -2.37. The number of aromatic nitrogens is 3. The lowest BCUT2D eigenvalue weighted by atomic mass is 9.94. The molecule has 0 aromatic carbocycles. The maximum atomic E-state index is 8.89. The topological polar surface area (TPSA) is 91.4 Å². The Morgan fingerprint density at radius 1 is 1.62 bits per heavy atom. The summed E-state index contributed by atoms with van der Waals surface area (Å²) >= 11 is 1.58. The van der Waals surface area contributed by atoms with Crippen LogP contribution in [0, 0.1) is 18.3 Å². The highest BCUT2D eigenvalue weighted by Crippen LogP contribution is 2.18. The molecule has 0 bridgehead atoms. The number of nitrogens with two attached hydrogens (primary N) is 1. The minimum atomic E-state index is -0.671. The third-order valence-electron chi connectivity index (χ3n) is 2.43. The van der Waals surface area contributed by atoms with E-state index in [2.05, 4.69) is 21.3 Å². The van der Waals surface area contributed by atoms with Crippen LogP contribution in [0.1, 0.15) is 32.0 Å². The summed E-state index contributed by atoms with van der Waals surface area (Å²) in [6.07, 6.45) is 2.31. The maximum Gasteiger partial charge on any atom is 0.208 e. The van der Waals surface area contributed by atoms with Crippen LogP contribution in [0.4, 0.5) is 0 Å². The second-order valence-electron chi connectivity index (χ2n) is 3.78. The lowest BCUT2D eigenvalue weighted by Gasteiger charge is -2.18. The summed E-state index contributed by atoms with van der Waals surface area (Å²) in [6.45, 7) is 3.81. The van der Waals surface area contributed by atoms with Crippen LogP contribution >= 0.6 is 11.8 Å². The molecule has 5 nitrogen and oxygen atoms in total. The third-order valence-corrected chi connectivity index (χ3v) is 3.36. The molecule has 0 aliphatic heterocycles. The van der Waals surface area contributed by atoms with Crippen LogP contribution in [0.25, 0.3) is 0 Å². The van der Waals surface area contributed by atoms with Gasteiger partial charge in [-0.25, -0.2) is 4.98 Å². The molecule has 0 saturated heterocycles. The number of aromatic amines is 1. The van der Waals surface area contributed by atoms with Crippen molar-refractivity contribution in [2.24, 2.45) is 5.73 Å². The van der Waals surface area contributed by atoms with Gasteiger partial charge in [0.25, 0.3) is 0 Å². The highest BCUT2D eigenvalue weighted by Gasteiger charge is 2.20. The monoisotopic (exact) mass is 239 g/mol. The molecule has 16 heavy (non-hydrogen) atoms. The Morgan fingerprint density at radius 3 is 2.88 bits per heavy atom. The average Bonchev–Trinajstić information content (AvgIpc) is 2.70. The van der Waals surface area contributed by atoms with Crippen LogP contribution in [0.15, 0.2) is 5.16 Å². The number of thioether (sulfide) groups is 1. The van der Waals surface area contributed by atoms with Gasteiger partial charge >= 0.3 is 0 Å². The Balaban J connectivity index is 2.24. The lowest BCUT2D eigenvalue weighted by molar-refractivity contribution is 0.478. The second kappa shape index (κ2) is 5.87. The molecule has 1 atom stereocenters. The van der Waals surface area contributed by atoms with Crippen molar-refractivity contribution in [1.29, 1.82) is 5.26 Å². The minimum Gasteiger partial charge on any atom is -0.313 e. The molecular weight excluding hydrogens is 222 g/mol. The molecule has 0 aliphatic rings. The van der Waals surface area contributed by atoms with Gasteiger partial charge in [-0.3, -0.25) is 5.10 Å². The highest BCUT2D eigenvalue weighted by molar-refractivity contribution is 7.99. The Labute approximate surface area is 99.8 Å². The van der Waals surface area contributed by atoms with Gasteiger partial charge in [0, 0.05) is 5.75 Å². The number of nitrogens with one attached hydrogen (secondary N) is 1. The van der Waals surface area contributed by atoms with Crippen molar-refractivity contribution >= 4 is 11.8 Å². The van der Waals surface area contributed by atoms with E-state index in [-0.39, 0.29) is 0 Å². The molecular formula is C10H17N5S. The zero-order valence-corrected chi connectivity index (χ0v) is 10.5. The van der Waals surface area contributed by atoms with Crippen molar-refractivity contribution in [3.8, 4) is 6.07 Å². The average molecular weight is 239 g/mol. The molecule has 1 unspecified atom stereocenters. The first-order valence-electron chi connectivity index (χ1n) is 5.31. The summed E-state index contributed by atoms with van der Waals surface area (Å²) in [5.74, 6) is 1.71. The number of nitrogens with zero attached hydrogens (tertiary/aromatic N) is 3. The summed E-state index contributed by atoms with van der Waals surface area (Å²) in [6, 6.07) is 2.16. The molecule has 0 aliphatic carbocycles. The maximum absolute atomic E-state index is 8.89. The van der Waals surface area contributed by atoms with E-state index in [0.29, 0.717) is 6.42 Å². The van der Waals surface area contributed by atoms with E-state index in [4.69, 9.17) is 11.0 Å². The largest absolute Gasteiger partial charge is 0.313 e. The SMILES string of the molecule is CCC(N)(C#N)CCCSc1n[nH]c(C)n1. The molecule has 3 N–H and O–H groups in total. The zero-order valence-electron chi connectivity index (χ0n) is 9.66. The predicted molar refractivity (Wildman–Crippen MR) is 63.9 cm³/mol. The summed E-state index contributed by atoms with van der Waals surface area (Å²) in [4.78, 5) is 4.19. The zero-order chi connectivity index (χ0) is 12.0. The molecule has 1 aromatic heterocycles. The number of hydrogen-bond acceptors (Lipinski definition) is 5. The first kappa shape index (κ1) is 13.0. The van der Waals surface area contributed by atoms with Crippen LogP contribution in [-0.2, 0) is 0 Å². The molecule has 1 rings (SSSR count). The van der Waals surface area contributed by atoms with Crippen LogP contribution < -0.4 is 5.73 Å². The van der Waals surface area contributed by atoms with E-state index in [0.717, 1.165) is 29.6 Å². The molecule has 0 radical (unpaired) electrons. The molecule has 1 aromatic rings. The standard InChI is InChI=1S/C10H17N5S/c1-3-10(12,7-11)5-4-6-16-9-13-8(2)14-15-9/h3-6,12H2,1-2H3,(H,13,14,15). The predicted octanol–water partition coefficient (Wildman–Crippen LogP) is 1.62. The molecule has 1 heterocycles. The van der Waals surface area contributed by atoms with Gasteiger partial charge in [0.1, 0.15) is 11.4 Å². The van der Waals surface area contributed by atoms with Gasteiger partial charge in [-0.05, 0) is 26.2 Å². The van der Waals surface area contributed by atoms with E-state index in [1.807, 2.05) is 13.8 Å². The molecule has 0 fully saturated rings. The van der Waals surface area contributed by atoms with Gasteiger partial charge in [-0.1, -0.05) is 18.7 Å². The third kappa shape index (κ3) is 3.83. The van der Waals surface area contributed by atoms with E-state index >= 15 is 0 Å². The van der Waals surface area contributed by atoms with Crippen molar-refractivity contribution in [2.45, 2.75) is 43.8 Å². The van der Waals surface area contributed by atoms with Crippen LogP contribution in [0.2, 0.25) is 0 Å². The van der Waals surface area contributed by atoms with Crippen molar-refractivity contribution < 1.29 is 0 Å². The van der Waals surface area contributed by atoms with Gasteiger partial charge in [-0.15, -0.1) is 5.10 Å². The van der Waals surface area contributed by atoms with Gasteiger partial charge in [-0.2, -0.15) is 5.26 Å². The number of nitriles is 1. The molecule has 0 amide bonds. The Morgan fingerprint density at radius 2 is 2.38 bits per heavy atom. The van der Waals surface area contributed by atoms with Crippen LogP contribution in [0.5, 0.6) is 0 Å². The minimum absolute atomic E-state index is 0.671. The fourth-order valence-corrected chi connectivity index (χ4v) is 2.03. The van der Waals surface area contributed by atoms with Crippen molar-refractivity contribution in [3.63, 3.8) is 0 Å². The van der Waals surface area contributed by atoms with Crippen molar-refractivity contribution in [3.05, 3.63) is 5.82 Å². The smallest absolute Gasteiger partial charge is 0.208 e. The second-order valence-corrected chi connectivity index (χ2v) is 4.84. The van der Waals surface area contributed by atoms with E-state index in [9.17, 15) is 0 Å². The molecule has 88 valence electrons. The van der Waals surface area contributed by atoms with E-state index < -0.39 is 5.54 Å². The van der Waals surface area contributed by atoms with E-state index in [1.54, 1.807) is 11.8 Å². The Kier molecular flexibility index (Phi) is 4.77. The van der Waals surface area contributed by atoms with Crippen molar-refractivity contribution in [2.75, 3.05) is 5.75 Å². The number of H-pyrrole nitrogens is 1. The first-order valence-corrected chi connectivity index (χ1v) is 6.30. The Bertz CT molecular complexity index is 370. The van der Waals surface area contributed by atoms with Gasteiger partial charge in [0.15, 0.2) is 0 Å². The van der Waals surface area contributed by atoms with Gasteiger partial charge < -0.3 is 5.73 Å². The first-order chi connectivity index (χ1) is 7.59. The summed E-state index contributed by atoms with van der Waals surface area (Å²) in [5, 5.41) is 16.5. The van der Waals surface area contributed by atoms with Crippen molar-refractivity contribution in [1.82, 2.24) is 15.2 Å². The molecule has 0 spiro atoms. The highest BCUT2D eigenvalue weighted by atomic mass is 32.2. The summed E-state index contributed by atoms with van der Waals surface area (Å²) < 4.78 is 0.